The predicted octanol–water partition coefficient (Wildman–Crippen LogP) is 1.09. The molecular formula is C12H12N4O. The Morgan fingerprint density at radius 3 is 2.88 bits per heavy atom. The van der Waals surface area contributed by atoms with Crippen molar-refractivity contribution in [3.63, 3.8) is 0 Å². The molecular weight excluding hydrogens is 216 g/mol. The number of phenols is 1. The molecule has 0 saturated heterocycles. The van der Waals surface area contributed by atoms with Crippen molar-refractivity contribution in [2.45, 2.75) is 6.42 Å². The summed E-state index contributed by atoms with van der Waals surface area (Å²) in [6, 6.07) is 9.23. The third kappa shape index (κ3) is 1.43. The van der Waals surface area contributed by atoms with Gasteiger partial charge in [0.2, 0.25) is 0 Å². The van der Waals surface area contributed by atoms with Crippen LogP contribution in [0.25, 0.3) is 16.6 Å². The lowest BCUT2D eigenvalue weighted by Gasteiger charge is -2.05. The number of nitrogens with zero attached hydrogens (tertiary/aromatic N) is 3. The van der Waals surface area contributed by atoms with Crippen LogP contribution in [0.5, 0.6) is 5.75 Å². The standard InChI is InChI=1S/C12H12N4O/c13-7-6-11-15-14-10-5-4-8-2-1-3-9(17)12(8)16(10)11/h1-5,17H,6-7,13H2. The number of aromatic nitrogens is 3. The Morgan fingerprint density at radius 1 is 1.18 bits per heavy atom. The smallest absolute Gasteiger partial charge is 0.161 e. The minimum atomic E-state index is 0.228. The monoisotopic (exact) mass is 228 g/mol. The van der Waals surface area contributed by atoms with E-state index < -0.39 is 0 Å². The number of para-hydroxylation sites is 1. The van der Waals surface area contributed by atoms with E-state index in [0.29, 0.717) is 13.0 Å². The molecule has 0 aliphatic heterocycles. The topological polar surface area (TPSA) is 76.4 Å². The molecule has 0 unspecified atom stereocenters. The zero-order valence-electron chi connectivity index (χ0n) is 9.17. The highest BCUT2D eigenvalue weighted by Crippen LogP contribution is 2.25. The molecule has 1 aromatic carbocycles. The van der Waals surface area contributed by atoms with E-state index in [2.05, 4.69) is 10.2 Å². The molecule has 86 valence electrons. The van der Waals surface area contributed by atoms with E-state index in [1.807, 2.05) is 28.7 Å². The molecule has 3 N–H and O–H groups in total. The van der Waals surface area contributed by atoms with Gasteiger partial charge in [-0.05, 0) is 24.7 Å². The second kappa shape index (κ2) is 3.71. The molecule has 0 aliphatic rings. The van der Waals surface area contributed by atoms with Gasteiger partial charge in [0.1, 0.15) is 11.6 Å². The Bertz CT molecular complexity index is 689. The third-order valence-corrected chi connectivity index (χ3v) is 2.80. The van der Waals surface area contributed by atoms with E-state index in [1.54, 1.807) is 6.07 Å². The summed E-state index contributed by atoms with van der Waals surface area (Å²) in [6.07, 6.45) is 0.634. The summed E-state index contributed by atoms with van der Waals surface area (Å²) in [5, 5.41) is 19.1. The number of pyridine rings is 1. The fourth-order valence-corrected chi connectivity index (χ4v) is 2.06. The summed E-state index contributed by atoms with van der Waals surface area (Å²) < 4.78 is 1.86. The molecule has 17 heavy (non-hydrogen) atoms. The molecule has 0 aliphatic carbocycles. The van der Waals surface area contributed by atoms with Crippen LogP contribution in [0.2, 0.25) is 0 Å². The molecule has 0 radical (unpaired) electrons. The van der Waals surface area contributed by atoms with E-state index in [-0.39, 0.29) is 5.75 Å². The van der Waals surface area contributed by atoms with Crippen molar-refractivity contribution in [3.8, 4) is 5.75 Å². The molecule has 0 bridgehead atoms. The lowest BCUT2D eigenvalue weighted by atomic mass is 10.2. The molecule has 5 nitrogen and oxygen atoms in total. The van der Waals surface area contributed by atoms with Crippen molar-refractivity contribution in [1.82, 2.24) is 14.6 Å². The van der Waals surface area contributed by atoms with Crippen LogP contribution in [-0.2, 0) is 6.42 Å². The number of fused-ring (bicyclic) bond motifs is 3. The average molecular weight is 228 g/mol. The Kier molecular flexibility index (Phi) is 2.19. The van der Waals surface area contributed by atoms with Gasteiger partial charge in [-0.1, -0.05) is 12.1 Å². The van der Waals surface area contributed by atoms with E-state index in [9.17, 15) is 5.11 Å². The van der Waals surface area contributed by atoms with E-state index in [0.717, 1.165) is 22.4 Å². The van der Waals surface area contributed by atoms with Crippen LogP contribution in [0.1, 0.15) is 5.82 Å². The Labute approximate surface area is 97.5 Å². The molecule has 0 atom stereocenters. The second-order valence-corrected chi connectivity index (χ2v) is 3.90. The highest BCUT2D eigenvalue weighted by molar-refractivity contribution is 5.87. The minimum Gasteiger partial charge on any atom is -0.506 e. The first-order valence-electron chi connectivity index (χ1n) is 5.46. The predicted molar refractivity (Wildman–Crippen MR) is 64.9 cm³/mol. The van der Waals surface area contributed by atoms with Gasteiger partial charge in [0.25, 0.3) is 0 Å². The van der Waals surface area contributed by atoms with Crippen LogP contribution in [-0.4, -0.2) is 26.2 Å². The zero-order valence-corrected chi connectivity index (χ0v) is 9.17. The largest absolute Gasteiger partial charge is 0.506 e. The first-order chi connectivity index (χ1) is 8.31. The van der Waals surface area contributed by atoms with Gasteiger partial charge in [-0.25, -0.2) is 0 Å². The Morgan fingerprint density at radius 2 is 2.06 bits per heavy atom. The normalized spacial score (nSPS) is 11.4. The maximum atomic E-state index is 9.97. The van der Waals surface area contributed by atoms with Crippen molar-refractivity contribution in [2.75, 3.05) is 6.54 Å². The maximum absolute atomic E-state index is 9.97. The first-order valence-corrected chi connectivity index (χ1v) is 5.46. The molecule has 3 rings (SSSR count). The highest BCUT2D eigenvalue weighted by atomic mass is 16.3. The summed E-state index contributed by atoms with van der Waals surface area (Å²) in [5.74, 6) is 1.00. The van der Waals surface area contributed by atoms with E-state index in [4.69, 9.17) is 5.73 Å². The van der Waals surface area contributed by atoms with Gasteiger partial charge in [-0.2, -0.15) is 0 Å². The fourth-order valence-electron chi connectivity index (χ4n) is 2.06. The zero-order chi connectivity index (χ0) is 11.8. The molecule has 2 heterocycles. The number of phenolic OH excluding ortho intramolecular Hbond substituents is 1. The van der Waals surface area contributed by atoms with Gasteiger partial charge in [0.15, 0.2) is 5.65 Å². The molecule has 0 fully saturated rings. The van der Waals surface area contributed by atoms with Crippen LogP contribution in [0.15, 0.2) is 30.3 Å². The molecule has 0 spiro atoms. The Balaban J connectivity index is 2.47. The van der Waals surface area contributed by atoms with Crippen molar-refractivity contribution in [2.24, 2.45) is 5.73 Å². The van der Waals surface area contributed by atoms with Crippen molar-refractivity contribution >= 4 is 16.6 Å². The summed E-state index contributed by atoms with van der Waals surface area (Å²) in [6.45, 7) is 0.505. The van der Waals surface area contributed by atoms with Crippen molar-refractivity contribution in [1.29, 1.82) is 0 Å². The van der Waals surface area contributed by atoms with Crippen molar-refractivity contribution < 1.29 is 5.11 Å². The lowest BCUT2D eigenvalue weighted by Crippen LogP contribution is -2.06. The fraction of sp³-hybridized carbons (Fsp3) is 0.167. The van der Waals surface area contributed by atoms with Gasteiger partial charge in [-0.15, -0.1) is 10.2 Å². The second-order valence-electron chi connectivity index (χ2n) is 3.90. The van der Waals surface area contributed by atoms with E-state index in [1.165, 1.54) is 0 Å². The molecule has 5 heteroatoms. The number of nitrogens with two attached hydrogens (primary N) is 1. The molecule has 0 saturated carbocycles. The summed E-state index contributed by atoms with van der Waals surface area (Å²) in [5.41, 5.74) is 7.01. The van der Waals surface area contributed by atoms with Crippen LogP contribution in [0, 0.1) is 0 Å². The molecule has 0 amide bonds. The quantitative estimate of drug-likeness (QED) is 0.688. The summed E-state index contributed by atoms with van der Waals surface area (Å²) >= 11 is 0. The van der Waals surface area contributed by atoms with Crippen LogP contribution in [0.4, 0.5) is 0 Å². The van der Waals surface area contributed by atoms with Gasteiger partial charge in [-0.3, -0.25) is 4.40 Å². The number of hydrogen-bond acceptors (Lipinski definition) is 4. The number of hydrogen-bond donors (Lipinski definition) is 2. The number of aromatic hydroxyl groups is 1. The Hall–Kier alpha value is -2.14. The van der Waals surface area contributed by atoms with E-state index >= 15 is 0 Å². The molecule has 2 aromatic heterocycles. The summed E-state index contributed by atoms with van der Waals surface area (Å²) in [4.78, 5) is 0. The highest BCUT2D eigenvalue weighted by Gasteiger charge is 2.10. The van der Waals surface area contributed by atoms with Gasteiger partial charge >= 0.3 is 0 Å². The summed E-state index contributed by atoms with van der Waals surface area (Å²) in [7, 11) is 0. The van der Waals surface area contributed by atoms with Crippen molar-refractivity contribution in [3.05, 3.63) is 36.2 Å². The lowest BCUT2D eigenvalue weighted by molar-refractivity contribution is 0.479. The van der Waals surface area contributed by atoms with Crippen LogP contribution >= 0.6 is 0 Å². The van der Waals surface area contributed by atoms with Gasteiger partial charge in [0.05, 0.1) is 5.52 Å². The van der Waals surface area contributed by atoms with Crippen LogP contribution < -0.4 is 5.73 Å². The van der Waals surface area contributed by atoms with Crippen LogP contribution in [0.3, 0.4) is 0 Å². The average Bonchev–Trinajstić information content (AvgIpc) is 2.73. The number of rotatable bonds is 2. The maximum Gasteiger partial charge on any atom is 0.161 e. The first kappa shape index (κ1) is 10.0. The number of benzene rings is 1. The van der Waals surface area contributed by atoms with Gasteiger partial charge in [0, 0.05) is 11.8 Å². The SMILES string of the molecule is NCCc1nnc2ccc3cccc(O)c3n12. The van der Waals surface area contributed by atoms with Gasteiger partial charge < -0.3 is 10.8 Å². The third-order valence-electron chi connectivity index (χ3n) is 2.80. The molecule has 3 aromatic rings. The minimum absolute atomic E-state index is 0.228.